The molecule has 0 aliphatic carbocycles. The highest BCUT2D eigenvalue weighted by molar-refractivity contribution is 6.32. The molecule has 0 bridgehead atoms. The van der Waals surface area contributed by atoms with Gasteiger partial charge in [0, 0.05) is 6.07 Å². The molecule has 2 rings (SSSR count). The number of halogens is 3. The Morgan fingerprint density at radius 3 is 2.83 bits per heavy atom. The molecule has 0 atom stereocenters. The van der Waals surface area contributed by atoms with Crippen molar-refractivity contribution >= 4 is 17.9 Å². The second-order valence-corrected chi connectivity index (χ2v) is 3.61. The molecule has 0 amide bonds. The van der Waals surface area contributed by atoms with Gasteiger partial charge in [0.2, 0.25) is 0 Å². The highest BCUT2D eigenvalue weighted by Gasteiger charge is 2.11. The Labute approximate surface area is 105 Å². The molecule has 2 aromatic rings. The van der Waals surface area contributed by atoms with Crippen molar-refractivity contribution in [3.8, 4) is 11.4 Å². The van der Waals surface area contributed by atoms with Gasteiger partial charge < -0.3 is 4.74 Å². The largest absolute Gasteiger partial charge is 0.433 e. The van der Waals surface area contributed by atoms with Crippen LogP contribution in [0.2, 0.25) is 5.02 Å². The molecular weight excluding hydrogens is 268 g/mol. The normalized spacial score (nSPS) is 10.7. The van der Waals surface area contributed by atoms with Crippen LogP contribution in [0.5, 0.6) is 5.75 Å². The molecule has 0 aliphatic rings. The third kappa shape index (κ3) is 2.62. The van der Waals surface area contributed by atoms with Crippen molar-refractivity contribution in [2.75, 3.05) is 0 Å². The van der Waals surface area contributed by atoms with Crippen LogP contribution < -0.4 is 4.74 Å². The van der Waals surface area contributed by atoms with Crippen LogP contribution >= 0.6 is 11.6 Å². The molecule has 0 spiro atoms. The minimum atomic E-state index is -2.97. The summed E-state index contributed by atoms with van der Waals surface area (Å²) in [6.07, 6.45) is 1.87. The number of alkyl halides is 2. The van der Waals surface area contributed by atoms with Crippen LogP contribution in [0, 0.1) is 0 Å². The van der Waals surface area contributed by atoms with Gasteiger partial charge in [0.05, 0.1) is 16.9 Å². The maximum absolute atomic E-state index is 12.1. The first kappa shape index (κ1) is 12.4. The number of aromatic nitrogens is 3. The Hall–Kier alpha value is -2.02. The van der Waals surface area contributed by atoms with E-state index in [2.05, 4.69) is 15.0 Å². The zero-order chi connectivity index (χ0) is 13.1. The maximum atomic E-state index is 12.1. The fraction of sp³-hybridized carbons (Fsp3) is 0.100. The summed E-state index contributed by atoms with van der Waals surface area (Å²) >= 11 is 5.70. The van der Waals surface area contributed by atoms with Crippen LogP contribution in [-0.4, -0.2) is 27.9 Å². The van der Waals surface area contributed by atoms with E-state index in [1.165, 1.54) is 29.1 Å². The number of carbonyl (C=O) groups excluding carboxylic acids is 1. The van der Waals surface area contributed by atoms with Gasteiger partial charge in [-0.05, 0) is 12.1 Å². The summed E-state index contributed by atoms with van der Waals surface area (Å²) in [5, 5.41) is 7.25. The fourth-order valence-corrected chi connectivity index (χ4v) is 1.44. The van der Waals surface area contributed by atoms with Crippen molar-refractivity contribution in [2.45, 2.75) is 6.61 Å². The number of ether oxygens (including phenoxy) is 1. The third-order valence-electron chi connectivity index (χ3n) is 2.03. The van der Waals surface area contributed by atoms with Gasteiger partial charge in [-0.2, -0.15) is 8.78 Å². The molecule has 1 aromatic heterocycles. The van der Waals surface area contributed by atoms with Gasteiger partial charge in [-0.15, -0.1) is 5.10 Å². The quantitative estimate of drug-likeness (QED) is 0.802. The third-order valence-corrected chi connectivity index (χ3v) is 2.34. The molecule has 0 aliphatic heterocycles. The van der Waals surface area contributed by atoms with Gasteiger partial charge in [0.1, 0.15) is 11.4 Å². The van der Waals surface area contributed by atoms with Crippen molar-refractivity contribution in [3.05, 3.63) is 35.1 Å². The molecule has 18 heavy (non-hydrogen) atoms. The maximum Gasteiger partial charge on any atom is 0.387 e. The highest BCUT2D eigenvalue weighted by Crippen LogP contribution is 2.28. The van der Waals surface area contributed by atoms with Gasteiger partial charge in [-0.1, -0.05) is 16.8 Å². The number of hydrogen-bond acceptors (Lipinski definition) is 4. The van der Waals surface area contributed by atoms with Gasteiger partial charge in [-0.25, -0.2) is 4.68 Å². The van der Waals surface area contributed by atoms with E-state index in [0.717, 1.165) is 0 Å². The first-order valence-electron chi connectivity index (χ1n) is 4.72. The van der Waals surface area contributed by atoms with Crippen molar-refractivity contribution in [2.24, 2.45) is 0 Å². The lowest BCUT2D eigenvalue weighted by molar-refractivity contribution is -0.0497. The number of rotatable bonds is 4. The Balaban J connectivity index is 2.36. The lowest BCUT2D eigenvalue weighted by Crippen LogP contribution is -2.03. The first-order valence-corrected chi connectivity index (χ1v) is 5.10. The summed E-state index contributed by atoms with van der Waals surface area (Å²) in [4.78, 5) is 10.5. The summed E-state index contributed by atoms with van der Waals surface area (Å²) in [5.74, 6) is -0.174. The predicted molar refractivity (Wildman–Crippen MR) is 58.4 cm³/mol. The van der Waals surface area contributed by atoms with E-state index in [0.29, 0.717) is 12.0 Å². The van der Waals surface area contributed by atoms with Crippen molar-refractivity contribution < 1.29 is 18.3 Å². The van der Waals surface area contributed by atoms with Crippen molar-refractivity contribution in [3.63, 3.8) is 0 Å². The Kier molecular flexibility index (Phi) is 3.52. The number of nitrogens with zero attached hydrogens (tertiary/aromatic N) is 3. The van der Waals surface area contributed by atoms with Gasteiger partial charge in [0.25, 0.3) is 0 Å². The second kappa shape index (κ2) is 5.09. The first-order chi connectivity index (χ1) is 8.60. The van der Waals surface area contributed by atoms with Gasteiger partial charge in [0.15, 0.2) is 6.29 Å². The van der Waals surface area contributed by atoms with Crippen LogP contribution in [0.3, 0.4) is 0 Å². The van der Waals surface area contributed by atoms with E-state index in [1.54, 1.807) is 0 Å². The number of carbonyl (C=O) groups is 1. The van der Waals surface area contributed by atoms with E-state index in [1.807, 2.05) is 0 Å². The molecule has 0 N–H and O–H groups in total. The lowest BCUT2D eigenvalue weighted by atomic mass is 10.3. The average molecular weight is 274 g/mol. The van der Waals surface area contributed by atoms with E-state index < -0.39 is 6.61 Å². The number of benzene rings is 1. The monoisotopic (exact) mass is 273 g/mol. The van der Waals surface area contributed by atoms with Crippen LogP contribution in [0.1, 0.15) is 10.5 Å². The SMILES string of the molecule is O=Cc1cn(-c2ccc(Cl)c(OC(F)F)c2)nn1. The van der Waals surface area contributed by atoms with E-state index in [9.17, 15) is 13.6 Å². The van der Waals surface area contributed by atoms with Crippen LogP contribution in [0.15, 0.2) is 24.4 Å². The average Bonchev–Trinajstić information content (AvgIpc) is 2.80. The minimum Gasteiger partial charge on any atom is -0.433 e. The Bertz CT molecular complexity index is 574. The summed E-state index contributed by atoms with van der Waals surface area (Å²) < 4.78 is 29.8. The zero-order valence-corrected chi connectivity index (χ0v) is 9.51. The van der Waals surface area contributed by atoms with Crippen LogP contribution in [-0.2, 0) is 0 Å². The van der Waals surface area contributed by atoms with Crippen LogP contribution in [0.4, 0.5) is 8.78 Å². The predicted octanol–water partition coefficient (Wildman–Crippen LogP) is 2.33. The van der Waals surface area contributed by atoms with E-state index >= 15 is 0 Å². The molecule has 0 fully saturated rings. The molecule has 8 heteroatoms. The number of hydrogen-bond donors (Lipinski definition) is 0. The Morgan fingerprint density at radius 2 is 2.22 bits per heavy atom. The summed E-state index contributed by atoms with van der Waals surface area (Å²) in [6, 6.07) is 4.19. The topological polar surface area (TPSA) is 57.0 Å². The van der Waals surface area contributed by atoms with Gasteiger partial charge >= 0.3 is 6.61 Å². The van der Waals surface area contributed by atoms with Crippen molar-refractivity contribution in [1.82, 2.24) is 15.0 Å². The van der Waals surface area contributed by atoms with Gasteiger partial charge in [-0.3, -0.25) is 4.79 Å². The fourth-order valence-electron chi connectivity index (χ4n) is 1.28. The summed E-state index contributed by atoms with van der Waals surface area (Å²) in [5.41, 5.74) is 0.525. The summed E-state index contributed by atoms with van der Waals surface area (Å²) in [7, 11) is 0. The van der Waals surface area contributed by atoms with Crippen LogP contribution in [0.25, 0.3) is 5.69 Å². The highest BCUT2D eigenvalue weighted by atomic mass is 35.5. The van der Waals surface area contributed by atoms with E-state index in [-0.39, 0.29) is 16.5 Å². The summed E-state index contributed by atoms with van der Waals surface area (Å²) in [6.45, 7) is -2.97. The second-order valence-electron chi connectivity index (χ2n) is 3.20. The molecule has 0 saturated carbocycles. The molecule has 1 aromatic carbocycles. The zero-order valence-electron chi connectivity index (χ0n) is 8.76. The lowest BCUT2D eigenvalue weighted by Gasteiger charge is -2.08. The van der Waals surface area contributed by atoms with E-state index in [4.69, 9.17) is 11.6 Å². The molecule has 5 nitrogen and oxygen atoms in total. The smallest absolute Gasteiger partial charge is 0.387 e. The Morgan fingerprint density at radius 1 is 1.44 bits per heavy atom. The molecule has 1 heterocycles. The van der Waals surface area contributed by atoms with Crippen molar-refractivity contribution in [1.29, 1.82) is 0 Å². The molecule has 0 radical (unpaired) electrons. The number of aldehydes is 1. The molecule has 0 saturated heterocycles. The minimum absolute atomic E-state index is 0.0507. The molecule has 0 unspecified atom stereocenters. The molecule has 94 valence electrons. The molecular formula is C10H6ClF2N3O2. The standard InChI is InChI=1S/C10H6ClF2N3O2/c11-8-2-1-7(3-9(8)18-10(12)13)16-4-6(5-17)14-15-16/h1-5,10H.